The Bertz CT molecular complexity index is 525. The molecule has 0 N–H and O–H groups in total. The Hall–Kier alpha value is -1.52. The topological polar surface area (TPSA) is 29.5 Å². The van der Waals surface area contributed by atoms with Gasteiger partial charge < -0.3 is 9.64 Å². The average molecular weight is 296 g/mol. The lowest BCUT2D eigenvalue weighted by molar-refractivity contribution is 0.0774. The van der Waals surface area contributed by atoms with Gasteiger partial charge in [0.05, 0.1) is 12.1 Å². The van der Waals surface area contributed by atoms with Crippen LogP contribution in [0, 0.1) is 0 Å². The minimum absolute atomic E-state index is 0.0148. The molecule has 0 aliphatic carbocycles. The van der Waals surface area contributed by atoms with E-state index in [1.807, 2.05) is 29.0 Å². The number of ether oxygens (including phenoxy) is 1. The second-order valence-electron chi connectivity index (χ2n) is 4.04. The molecule has 0 spiro atoms. The molecule has 1 aromatic heterocycles. The second kappa shape index (κ2) is 6.59. The van der Waals surface area contributed by atoms with Crippen molar-refractivity contribution in [3.63, 3.8) is 0 Å². The largest absolute Gasteiger partial charge is 0.492 e. The van der Waals surface area contributed by atoms with Crippen molar-refractivity contribution in [3.05, 3.63) is 51.7 Å². The first kappa shape index (κ1) is 13.9. The van der Waals surface area contributed by atoms with E-state index >= 15 is 0 Å². The Morgan fingerprint density at radius 2 is 2.05 bits per heavy atom. The zero-order valence-corrected chi connectivity index (χ0v) is 12.1. The number of thiophene rings is 1. The summed E-state index contributed by atoms with van der Waals surface area (Å²) in [5.74, 6) is 0.765. The summed E-state index contributed by atoms with van der Waals surface area (Å²) in [6.45, 7) is 0.991. The minimum Gasteiger partial charge on any atom is -0.492 e. The molecule has 1 heterocycles. The molecule has 0 unspecified atom stereocenters. The van der Waals surface area contributed by atoms with Crippen molar-refractivity contribution in [1.82, 2.24) is 4.90 Å². The highest BCUT2D eigenvalue weighted by Gasteiger charge is 2.11. The van der Waals surface area contributed by atoms with Crippen LogP contribution >= 0.6 is 22.9 Å². The van der Waals surface area contributed by atoms with Crippen molar-refractivity contribution < 1.29 is 9.53 Å². The average Bonchev–Trinajstić information content (AvgIpc) is 2.94. The van der Waals surface area contributed by atoms with Crippen LogP contribution in [0.1, 0.15) is 10.4 Å². The minimum atomic E-state index is 0.0148. The summed E-state index contributed by atoms with van der Waals surface area (Å²) in [7, 11) is 1.77. The van der Waals surface area contributed by atoms with Crippen LogP contribution in [-0.2, 0) is 0 Å². The van der Waals surface area contributed by atoms with Gasteiger partial charge in [-0.25, -0.2) is 0 Å². The summed E-state index contributed by atoms with van der Waals surface area (Å²) < 4.78 is 5.55. The number of benzene rings is 1. The number of likely N-dealkylation sites (N-methyl/N-ethyl adjacent to an activating group) is 1. The summed E-state index contributed by atoms with van der Waals surface area (Å²) >= 11 is 7.30. The highest BCUT2D eigenvalue weighted by atomic mass is 35.5. The molecular formula is C14H14ClNO2S. The van der Waals surface area contributed by atoms with Crippen molar-refractivity contribution >= 4 is 28.8 Å². The van der Waals surface area contributed by atoms with E-state index in [9.17, 15) is 4.79 Å². The normalized spacial score (nSPS) is 10.2. The van der Waals surface area contributed by atoms with Gasteiger partial charge in [0.15, 0.2) is 0 Å². The standard InChI is InChI=1S/C14H14ClNO2S/c1-16(14(17)11-6-9-19-10-11)7-8-18-13-4-2-12(15)3-5-13/h2-6,9-10H,7-8H2,1H3. The van der Waals surface area contributed by atoms with Crippen LogP contribution in [0.2, 0.25) is 5.02 Å². The zero-order valence-electron chi connectivity index (χ0n) is 10.5. The molecule has 0 bridgehead atoms. The third-order valence-electron chi connectivity index (χ3n) is 2.62. The molecule has 19 heavy (non-hydrogen) atoms. The van der Waals surface area contributed by atoms with Gasteiger partial charge in [0, 0.05) is 17.5 Å². The molecule has 1 amide bonds. The number of hydrogen-bond acceptors (Lipinski definition) is 3. The Morgan fingerprint density at radius 1 is 1.32 bits per heavy atom. The lowest BCUT2D eigenvalue weighted by atomic mass is 10.3. The molecule has 100 valence electrons. The molecule has 0 radical (unpaired) electrons. The number of carbonyl (C=O) groups is 1. The van der Waals surface area contributed by atoms with Crippen LogP contribution in [0.5, 0.6) is 5.75 Å². The first-order chi connectivity index (χ1) is 9.16. The van der Waals surface area contributed by atoms with Crippen molar-refractivity contribution in [1.29, 1.82) is 0 Å². The fourth-order valence-corrected chi connectivity index (χ4v) is 2.30. The molecule has 0 saturated carbocycles. The third kappa shape index (κ3) is 3.98. The SMILES string of the molecule is CN(CCOc1ccc(Cl)cc1)C(=O)c1ccsc1. The quantitative estimate of drug-likeness (QED) is 0.844. The van der Waals surface area contributed by atoms with E-state index in [1.54, 1.807) is 24.1 Å². The molecule has 1 aromatic carbocycles. The van der Waals surface area contributed by atoms with Gasteiger partial charge in [0.1, 0.15) is 12.4 Å². The fourth-order valence-electron chi connectivity index (χ4n) is 1.54. The van der Waals surface area contributed by atoms with E-state index < -0.39 is 0 Å². The van der Waals surface area contributed by atoms with E-state index in [0.717, 1.165) is 11.3 Å². The molecule has 5 heteroatoms. The van der Waals surface area contributed by atoms with Crippen LogP contribution in [0.4, 0.5) is 0 Å². The van der Waals surface area contributed by atoms with Gasteiger partial charge in [0.25, 0.3) is 5.91 Å². The molecular weight excluding hydrogens is 282 g/mol. The number of halogens is 1. The maximum absolute atomic E-state index is 12.0. The van der Waals surface area contributed by atoms with Crippen molar-refractivity contribution in [2.45, 2.75) is 0 Å². The lowest BCUT2D eigenvalue weighted by Crippen LogP contribution is -2.30. The number of nitrogens with zero attached hydrogens (tertiary/aromatic N) is 1. The van der Waals surface area contributed by atoms with Crippen molar-refractivity contribution in [3.8, 4) is 5.75 Å². The molecule has 0 atom stereocenters. The summed E-state index contributed by atoms with van der Waals surface area (Å²) in [5.41, 5.74) is 0.721. The van der Waals surface area contributed by atoms with Crippen LogP contribution in [-0.4, -0.2) is 31.0 Å². The molecule has 0 saturated heterocycles. The predicted octanol–water partition coefficient (Wildman–Crippen LogP) is 3.55. The number of rotatable bonds is 5. The predicted molar refractivity (Wildman–Crippen MR) is 78.2 cm³/mol. The zero-order chi connectivity index (χ0) is 13.7. The lowest BCUT2D eigenvalue weighted by Gasteiger charge is -2.16. The summed E-state index contributed by atoms with van der Waals surface area (Å²) in [5, 5.41) is 4.42. The maximum Gasteiger partial charge on any atom is 0.254 e. The number of hydrogen-bond donors (Lipinski definition) is 0. The van der Waals surface area contributed by atoms with Gasteiger partial charge in [0.2, 0.25) is 0 Å². The first-order valence-corrected chi connectivity index (χ1v) is 7.15. The smallest absolute Gasteiger partial charge is 0.254 e. The fraction of sp³-hybridized carbons (Fsp3) is 0.214. The van der Waals surface area contributed by atoms with E-state index in [1.165, 1.54) is 11.3 Å². The van der Waals surface area contributed by atoms with E-state index in [0.29, 0.717) is 18.2 Å². The van der Waals surface area contributed by atoms with Gasteiger partial charge in [-0.05, 0) is 35.7 Å². The summed E-state index contributed by atoms with van der Waals surface area (Å²) in [6, 6.07) is 8.99. The van der Waals surface area contributed by atoms with Crippen molar-refractivity contribution in [2.75, 3.05) is 20.2 Å². The van der Waals surface area contributed by atoms with Gasteiger partial charge in [-0.1, -0.05) is 11.6 Å². The van der Waals surface area contributed by atoms with Gasteiger partial charge in [-0.3, -0.25) is 4.79 Å². The summed E-state index contributed by atoms with van der Waals surface area (Å²) in [4.78, 5) is 13.6. The van der Waals surface area contributed by atoms with Crippen LogP contribution < -0.4 is 4.74 Å². The second-order valence-corrected chi connectivity index (χ2v) is 5.26. The van der Waals surface area contributed by atoms with Crippen LogP contribution in [0.3, 0.4) is 0 Å². The molecule has 2 rings (SSSR count). The van der Waals surface area contributed by atoms with Gasteiger partial charge in [-0.2, -0.15) is 11.3 Å². The third-order valence-corrected chi connectivity index (χ3v) is 3.56. The van der Waals surface area contributed by atoms with Crippen LogP contribution in [0.15, 0.2) is 41.1 Å². The van der Waals surface area contributed by atoms with Crippen LogP contribution in [0.25, 0.3) is 0 Å². The number of amides is 1. The van der Waals surface area contributed by atoms with E-state index in [2.05, 4.69) is 0 Å². The molecule has 0 aliphatic heterocycles. The Balaban J connectivity index is 1.79. The first-order valence-electron chi connectivity index (χ1n) is 5.83. The highest BCUT2D eigenvalue weighted by molar-refractivity contribution is 7.08. The van der Waals surface area contributed by atoms with Gasteiger partial charge in [-0.15, -0.1) is 0 Å². The van der Waals surface area contributed by atoms with E-state index in [-0.39, 0.29) is 5.91 Å². The molecule has 0 fully saturated rings. The summed E-state index contributed by atoms with van der Waals surface area (Å²) in [6.07, 6.45) is 0. The van der Waals surface area contributed by atoms with Crippen molar-refractivity contribution in [2.24, 2.45) is 0 Å². The van der Waals surface area contributed by atoms with Gasteiger partial charge >= 0.3 is 0 Å². The Morgan fingerprint density at radius 3 is 2.68 bits per heavy atom. The Labute approximate surface area is 121 Å². The molecule has 2 aromatic rings. The monoisotopic (exact) mass is 295 g/mol. The molecule has 0 aliphatic rings. The van der Waals surface area contributed by atoms with E-state index in [4.69, 9.17) is 16.3 Å². The molecule has 3 nitrogen and oxygen atoms in total. The highest BCUT2D eigenvalue weighted by Crippen LogP contribution is 2.15. The Kier molecular flexibility index (Phi) is 4.82. The number of carbonyl (C=O) groups excluding carboxylic acids is 1. The maximum atomic E-state index is 12.0.